The summed E-state index contributed by atoms with van der Waals surface area (Å²) in [5, 5.41) is 18.8. The van der Waals surface area contributed by atoms with Crippen molar-refractivity contribution in [3.05, 3.63) is 27.7 Å². The molecule has 3 nitrogen and oxygen atoms in total. The molecule has 1 atom stereocenters. The van der Waals surface area contributed by atoms with Crippen molar-refractivity contribution in [2.24, 2.45) is 5.73 Å². The topological polar surface area (TPSA) is 66.5 Å². The van der Waals surface area contributed by atoms with E-state index in [-0.39, 0.29) is 16.6 Å². The monoisotopic (exact) mass is 299 g/mol. The standard InChI is InChI=1S/C9H9BrF3NO2/c10-6-2-4(9(11,12)13)1-5(8(6)16)7(15)3-14/h1-2,7,15-16H,3,14H2. The lowest BCUT2D eigenvalue weighted by Crippen LogP contribution is -2.13. The number of hydrogen-bond donors (Lipinski definition) is 3. The van der Waals surface area contributed by atoms with Crippen LogP contribution >= 0.6 is 15.9 Å². The fraction of sp³-hybridized carbons (Fsp3) is 0.333. The van der Waals surface area contributed by atoms with Crippen LogP contribution in [0.25, 0.3) is 0 Å². The summed E-state index contributed by atoms with van der Waals surface area (Å²) in [6, 6.07) is 1.42. The summed E-state index contributed by atoms with van der Waals surface area (Å²) < 4.78 is 37.2. The van der Waals surface area contributed by atoms with Gasteiger partial charge in [0.2, 0.25) is 0 Å². The third-order valence-corrected chi connectivity index (χ3v) is 2.61. The van der Waals surface area contributed by atoms with E-state index in [2.05, 4.69) is 15.9 Å². The number of aromatic hydroxyl groups is 1. The first-order chi connectivity index (χ1) is 7.27. The van der Waals surface area contributed by atoms with E-state index in [1.807, 2.05) is 0 Å². The van der Waals surface area contributed by atoms with E-state index >= 15 is 0 Å². The minimum atomic E-state index is -4.54. The molecule has 0 aromatic heterocycles. The van der Waals surface area contributed by atoms with Crippen LogP contribution in [-0.2, 0) is 6.18 Å². The summed E-state index contributed by atoms with van der Waals surface area (Å²) in [6.45, 7) is -0.276. The molecule has 0 heterocycles. The minimum absolute atomic E-state index is 0.134. The molecule has 0 aliphatic heterocycles. The van der Waals surface area contributed by atoms with Crippen molar-refractivity contribution >= 4 is 15.9 Å². The van der Waals surface area contributed by atoms with Crippen molar-refractivity contribution in [2.75, 3.05) is 6.54 Å². The second-order valence-corrected chi connectivity index (χ2v) is 4.00. The Balaban J connectivity index is 3.33. The number of benzene rings is 1. The number of aliphatic hydroxyl groups excluding tert-OH is 1. The Morgan fingerprint density at radius 1 is 1.38 bits per heavy atom. The van der Waals surface area contributed by atoms with Gasteiger partial charge in [-0.25, -0.2) is 0 Å². The van der Waals surface area contributed by atoms with E-state index in [9.17, 15) is 23.4 Å². The van der Waals surface area contributed by atoms with Gasteiger partial charge in [-0.15, -0.1) is 0 Å². The zero-order chi connectivity index (χ0) is 12.5. The highest BCUT2D eigenvalue weighted by atomic mass is 79.9. The van der Waals surface area contributed by atoms with Crippen LogP contribution in [0.2, 0.25) is 0 Å². The van der Waals surface area contributed by atoms with Crippen LogP contribution in [0.1, 0.15) is 17.2 Å². The van der Waals surface area contributed by atoms with Gasteiger partial charge >= 0.3 is 6.18 Å². The Bertz CT molecular complexity index is 395. The molecule has 1 unspecified atom stereocenters. The number of alkyl halides is 3. The molecule has 1 aromatic carbocycles. The van der Waals surface area contributed by atoms with Crippen molar-refractivity contribution in [1.82, 2.24) is 0 Å². The van der Waals surface area contributed by atoms with E-state index in [4.69, 9.17) is 5.73 Å². The fourth-order valence-electron chi connectivity index (χ4n) is 1.16. The maximum absolute atomic E-state index is 12.4. The Hall–Kier alpha value is -0.790. The Morgan fingerprint density at radius 3 is 2.38 bits per heavy atom. The first kappa shape index (κ1) is 13.3. The quantitative estimate of drug-likeness (QED) is 0.784. The summed E-state index contributed by atoms with van der Waals surface area (Å²) in [5.74, 6) is -0.439. The third-order valence-electron chi connectivity index (χ3n) is 2.00. The number of rotatable bonds is 2. The third kappa shape index (κ3) is 2.66. The van der Waals surface area contributed by atoms with Crippen LogP contribution < -0.4 is 5.73 Å². The van der Waals surface area contributed by atoms with Gasteiger partial charge in [0, 0.05) is 12.1 Å². The Labute approximate surface area is 97.8 Å². The molecule has 0 saturated carbocycles. The number of aliphatic hydroxyl groups is 1. The molecule has 0 amide bonds. The molecule has 4 N–H and O–H groups in total. The molecule has 0 radical (unpaired) electrons. The van der Waals surface area contributed by atoms with E-state index in [0.717, 1.165) is 6.07 Å². The van der Waals surface area contributed by atoms with Gasteiger partial charge < -0.3 is 15.9 Å². The highest BCUT2D eigenvalue weighted by Gasteiger charge is 2.32. The first-order valence-electron chi connectivity index (χ1n) is 4.25. The molecule has 0 bridgehead atoms. The predicted molar refractivity (Wildman–Crippen MR) is 54.8 cm³/mol. The summed E-state index contributed by atoms with van der Waals surface area (Å²) in [4.78, 5) is 0. The molecule has 16 heavy (non-hydrogen) atoms. The molecule has 0 aliphatic carbocycles. The largest absolute Gasteiger partial charge is 0.506 e. The summed E-state index contributed by atoms with van der Waals surface area (Å²) in [5.41, 5.74) is 3.92. The maximum Gasteiger partial charge on any atom is 0.416 e. The molecule has 1 aromatic rings. The lowest BCUT2D eigenvalue weighted by atomic mass is 10.0. The number of nitrogens with two attached hydrogens (primary N) is 1. The fourth-order valence-corrected chi connectivity index (χ4v) is 1.64. The normalized spacial score (nSPS) is 13.9. The van der Waals surface area contributed by atoms with Gasteiger partial charge in [0.25, 0.3) is 0 Å². The van der Waals surface area contributed by atoms with Crippen LogP contribution in [0.3, 0.4) is 0 Å². The predicted octanol–water partition coefficient (Wildman–Crippen LogP) is 2.17. The lowest BCUT2D eigenvalue weighted by Gasteiger charge is -2.15. The summed E-state index contributed by atoms with van der Waals surface area (Å²) in [6.07, 6.45) is -5.88. The van der Waals surface area contributed by atoms with Crippen LogP contribution in [0.15, 0.2) is 16.6 Å². The van der Waals surface area contributed by atoms with Gasteiger partial charge in [-0.05, 0) is 28.1 Å². The highest BCUT2D eigenvalue weighted by molar-refractivity contribution is 9.10. The zero-order valence-corrected chi connectivity index (χ0v) is 9.51. The average Bonchev–Trinajstić information content (AvgIpc) is 2.19. The van der Waals surface area contributed by atoms with Crippen molar-refractivity contribution < 1.29 is 23.4 Å². The van der Waals surface area contributed by atoms with Gasteiger partial charge in [-0.2, -0.15) is 13.2 Å². The molecule has 7 heteroatoms. The Morgan fingerprint density at radius 2 is 1.94 bits per heavy atom. The number of halogens is 4. The van der Waals surface area contributed by atoms with E-state index in [0.29, 0.717) is 6.07 Å². The minimum Gasteiger partial charge on any atom is -0.506 e. The van der Waals surface area contributed by atoms with Crippen molar-refractivity contribution in [2.45, 2.75) is 12.3 Å². The molecular formula is C9H9BrF3NO2. The van der Waals surface area contributed by atoms with Crippen LogP contribution in [0, 0.1) is 0 Å². The van der Waals surface area contributed by atoms with Crippen LogP contribution in [0.4, 0.5) is 13.2 Å². The van der Waals surface area contributed by atoms with Gasteiger partial charge in [0.1, 0.15) is 5.75 Å². The van der Waals surface area contributed by atoms with Crippen molar-refractivity contribution in [3.8, 4) is 5.75 Å². The first-order valence-corrected chi connectivity index (χ1v) is 5.04. The molecular weight excluding hydrogens is 291 g/mol. The second kappa shape index (κ2) is 4.60. The van der Waals surface area contributed by atoms with Crippen LogP contribution in [-0.4, -0.2) is 16.8 Å². The lowest BCUT2D eigenvalue weighted by molar-refractivity contribution is -0.137. The summed E-state index contributed by atoms with van der Waals surface area (Å²) >= 11 is 2.78. The zero-order valence-electron chi connectivity index (χ0n) is 7.92. The molecule has 0 aliphatic rings. The number of phenolic OH excluding ortho intramolecular Hbond substituents is 1. The SMILES string of the molecule is NCC(O)c1cc(C(F)(F)F)cc(Br)c1O. The van der Waals surface area contributed by atoms with Gasteiger partial charge in [0.05, 0.1) is 16.1 Å². The molecule has 0 spiro atoms. The Kier molecular flexibility index (Phi) is 3.82. The van der Waals surface area contributed by atoms with Crippen molar-refractivity contribution in [3.63, 3.8) is 0 Å². The number of hydrogen-bond acceptors (Lipinski definition) is 3. The van der Waals surface area contributed by atoms with Crippen LogP contribution in [0.5, 0.6) is 5.75 Å². The molecule has 0 saturated heterocycles. The summed E-state index contributed by atoms with van der Waals surface area (Å²) in [7, 11) is 0. The van der Waals surface area contributed by atoms with Gasteiger partial charge in [-0.1, -0.05) is 0 Å². The number of phenols is 1. The maximum atomic E-state index is 12.4. The van der Waals surface area contributed by atoms with E-state index in [1.165, 1.54) is 0 Å². The van der Waals surface area contributed by atoms with E-state index < -0.39 is 23.6 Å². The highest BCUT2D eigenvalue weighted by Crippen LogP contribution is 2.38. The molecule has 1 rings (SSSR count). The van der Waals surface area contributed by atoms with E-state index in [1.54, 1.807) is 0 Å². The van der Waals surface area contributed by atoms with Gasteiger partial charge in [0.15, 0.2) is 0 Å². The molecule has 90 valence electrons. The van der Waals surface area contributed by atoms with Crippen molar-refractivity contribution in [1.29, 1.82) is 0 Å². The smallest absolute Gasteiger partial charge is 0.416 e. The van der Waals surface area contributed by atoms with Gasteiger partial charge in [-0.3, -0.25) is 0 Å². The average molecular weight is 300 g/mol. The second-order valence-electron chi connectivity index (χ2n) is 3.15. The molecule has 0 fully saturated rings.